The van der Waals surface area contributed by atoms with Gasteiger partial charge in [0.05, 0.1) is 8.07 Å². The van der Waals surface area contributed by atoms with Crippen LogP contribution in [-0.2, 0) is 0 Å². The molecule has 1 saturated heterocycles. The summed E-state index contributed by atoms with van der Waals surface area (Å²) in [5.74, 6) is -1.77. The summed E-state index contributed by atoms with van der Waals surface area (Å²) in [7, 11) is -1.40. The number of halogens is 3. The highest BCUT2D eigenvalue weighted by Crippen LogP contribution is 2.46. The highest BCUT2D eigenvalue weighted by Gasteiger charge is 2.41. The van der Waals surface area contributed by atoms with Gasteiger partial charge in [-0.25, -0.2) is 13.2 Å². The first kappa shape index (κ1) is 23.6. The molecule has 0 nitrogen and oxygen atoms in total. The Kier molecular flexibility index (Phi) is 7.81. The van der Waals surface area contributed by atoms with Crippen LogP contribution in [0.2, 0.25) is 18.1 Å². The fourth-order valence-corrected chi connectivity index (χ4v) is 11.9. The lowest BCUT2D eigenvalue weighted by Gasteiger charge is -2.43. The summed E-state index contributed by atoms with van der Waals surface area (Å²) in [5, 5.41) is 1.67. The van der Waals surface area contributed by atoms with Gasteiger partial charge in [-0.3, -0.25) is 0 Å². The zero-order valence-electron chi connectivity index (χ0n) is 19.4. The maximum atomic E-state index is 13.7. The van der Waals surface area contributed by atoms with Gasteiger partial charge in [-0.1, -0.05) is 92.7 Å². The zero-order chi connectivity index (χ0) is 22.6. The van der Waals surface area contributed by atoms with Crippen LogP contribution >= 0.6 is 0 Å². The molecule has 0 bridgehead atoms. The molecule has 0 atom stereocenters. The molecule has 1 heterocycles. The van der Waals surface area contributed by atoms with Gasteiger partial charge in [0, 0.05) is 0 Å². The molecule has 1 aliphatic carbocycles. The number of hydrogen-bond acceptors (Lipinski definition) is 0. The van der Waals surface area contributed by atoms with Gasteiger partial charge in [-0.15, -0.1) is 0 Å². The fraction of sp³-hybridized carbons (Fsp3) is 0.571. The van der Waals surface area contributed by atoms with Gasteiger partial charge < -0.3 is 0 Å². The van der Waals surface area contributed by atoms with Crippen LogP contribution in [0.5, 0.6) is 0 Å². The minimum Gasteiger partial charge on any atom is -0.204 e. The summed E-state index contributed by atoms with van der Waals surface area (Å²) in [6, 6.07) is 18.1. The van der Waals surface area contributed by atoms with E-state index >= 15 is 0 Å². The van der Waals surface area contributed by atoms with E-state index in [0.717, 1.165) is 37.5 Å². The van der Waals surface area contributed by atoms with E-state index in [2.05, 4.69) is 37.3 Å². The van der Waals surface area contributed by atoms with Crippen LogP contribution in [0.4, 0.5) is 13.2 Å². The molecule has 0 N–H and O–H groups in total. The second kappa shape index (κ2) is 10.6. The lowest BCUT2D eigenvalue weighted by atomic mass is 9.72. The van der Waals surface area contributed by atoms with E-state index in [1.807, 2.05) is 0 Å². The van der Waals surface area contributed by atoms with Crippen molar-refractivity contribution in [1.29, 1.82) is 0 Å². The highest BCUT2D eigenvalue weighted by molar-refractivity contribution is 6.92. The summed E-state index contributed by atoms with van der Waals surface area (Å²) in [6.07, 6.45) is 10.9. The Morgan fingerprint density at radius 2 is 1.38 bits per heavy atom. The lowest BCUT2D eigenvalue weighted by Crippen LogP contribution is -2.50. The van der Waals surface area contributed by atoms with Crippen LogP contribution < -0.4 is 5.19 Å². The van der Waals surface area contributed by atoms with Crippen LogP contribution in [-0.4, -0.2) is 8.07 Å². The molecular formula is C28H37F3Si. The van der Waals surface area contributed by atoms with E-state index in [0.29, 0.717) is 5.56 Å². The molecule has 4 rings (SSSR count). The van der Waals surface area contributed by atoms with Gasteiger partial charge in [0.2, 0.25) is 0 Å². The van der Waals surface area contributed by atoms with Gasteiger partial charge in [0.25, 0.3) is 0 Å². The smallest absolute Gasteiger partial charge is 0.194 e. The van der Waals surface area contributed by atoms with Gasteiger partial charge in [0.1, 0.15) is 0 Å². The first-order valence-corrected chi connectivity index (χ1v) is 15.3. The summed E-state index contributed by atoms with van der Waals surface area (Å²) in [6.45, 7) is 2.29. The van der Waals surface area contributed by atoms with Gasteiger partial charge in [-0.05, 0) is 61.1 Å². The van der Waals surface area contributed by atoms with E-state index < -0.39 is 25.5 Å². The lowest BCUT2D eigenvalue weighted by molar-refractivity contribution is 0.215. The van der Waals surface area contributed by atoms with E-state index in [4.69, 9.17) is 0 Å². The van der Waals surface area contributed by atoms with Crippen molar-refractivity contribution in [2.24, 2.45) is 11.8 Å². The van der Waals surface area contributed by atoms with E-state index in [1.54, 1.807) is 5.19 Å². The minimum absolute atomic E-state index is 0.159. The minimum atomic E-state index is -1.40. The molecule has 32 heavy (non-hydrogen) atoms. The molecule has 4 heteroatoms. The SMILES string of the molecule is CCCCC[Si]1(c2ccccc2)CCC(C2CCC(c3cc(F)c(F)c(F)c3)CC2)CC1. The summed E-state index contributed by atoms with van der Waals surface area (Å²) in [5.41, 5.74) is 0.634. The standard InChI is InChI=1S/C28H37F3Si/c1-2-3-7-16-32(25-8-5-4-6-9-25)17-14-23(15-18-32)21-10-12-22(13-11-21)24-19-26(29)28(31)27(30)20-24/h4-6,8-9,19-23H,2-3,7,10-18H2,1H3. The highest BCUT2D eigenvalue weighted by atomic mass is 28.3. The molecule has 1 saturated carbocycles. The van der Waals surface area contributed by atoms with Crippen LogP contribution in [0.15, 0.2) is 42.5 Å². The maximum Gasteiger partial charge on any atom is 0.194 e. The van der Waals surface area contributed by atoms with Crippen molar-refractivity contribution in [3.63, 3.8) is 0 Å². The first-order valence-electron chi connectivity index (χ1n) is 12.7. The number of unbranched alkanes of at least 4 members (excludes halogenated alkanes) is 2. The molecule has 0 spiro atoms. The first-order chi connectivity index (χ1) is 15.5. The average Bonchev–Trinajstić information content (AvgIpc) is 2.83. The molecular weight excluding hydrogens is 421 g/mol. The normalized spacial score (nSPS) is 28.6. The van der Waals surface area contributed by atoms with Crippen LogP contribution in [0, 0.1) is 29.3 Å². The zero-order valence-corrected chi connectivity index (χ0v) is 20.4. The molecule has 1 aliphatic heterocycles. The summed E-state index contributed by atoms with van der Waals surface area (Å²) in [4.78, 5) is 0. The second-order valence-corrected chi connectivity index (χ2v) is 15.0. The third-order valence-electron chi connectivity index (χ3n) is 8.55. The molecule has 0 aromatic heterocycles. The maximum absolute atomic E-state index is 13.7. The molecule has 2 fully saturated rings. The van der Waals surface area contributed by atoms with Crippen LogP contribution in [0.25, 0.3) is 0 Å². The van der Waals surface area contributed by atoms with Crippen molar-refractivity contribution in [3.8, 4) is 0 Å². The largest absolute Gasteiger partial charge is 0.204 e. The second-order valence-electron chi connectivity index (χ2n) is 10.4. The number of benzene rings is 2. The third kappa shape index (κ3) is 5.16. The van der Waals surface area contributed by atoms with Crippen molar-refractivity contribution < 1.29 is 13.2 Å². The molecule has 0 unspecified atom stereocenters. The van der Waals surface area contributed by atoms with Crippen molar-refractivity contribution in [3.05, 3.63) is 65.5 Å². The van der Waals surface area contributed by atoms with Gasteiger partial charge in [0.15, 0.2) is 17.5 Å². The van der Waals surface area contributed by atoms with E-state index in [1.165, 1.54) is 62.4 Å². The Labute approximate surface area is 192 Å². The molecule has 174 valence electrons. The van der Waals surface area contributed by atoms with Crippen molar-refractivity contribution >= 4 is 13.3 Å². The molecule has 2 aliphatic rings. The predicted molar refractivity (Wildman–Crippen MR) is 130 cm³/mol. The number of hydrogen-bond donors (Lipinski definition) is 0. The Morgan fingerprint density at radius 1 is 0.781 bits per heavy atom. The predicted octanol–water partition coefficient (Wildman–Crippen LogP) is 8.33. The monoisotopic (exact) mass is 458 g/mol. The van der Waals surface area contributed by atoms with Crippen molar-refractivity contribution in [2.75, 3.05) is 0 Å². The van der Waals surface area contributed by atoms with E-state index in [-0.39, 0.29) is 5.92 Å². The summed E-state index contributed by atoms with van der Waals surface area (Å²) >= 11 is 0. The molecule has 2 aromatic rings. The van der Waals surface area contributed by atoms with Crippen molar-refractivity contribution in [1.82, 2.24) is 0 Å². The average molecular weight is 459 g/mol. The van der Waals surface area contributed by atoms with Gasteiger partial charge in [-0.2, -0.15) is 0 Å². The molecule has 0 radical (unpaired) electrons. The van der Waals surface area contributed by atoms with Crippen LogP contribution in [0.3, 0.4) is 0 Å². The van der Waals surface area contributed by atoms with E-state index in [9.17, 15) is 13.2 Å². The topological polar surface area (TPSA) is 0 Å². The molecule has 2 aromatic carbocycles. The Bertz CT molecular complexity index is 842. The molecule has 0 amide bonds. The Balaban J connectivity index is 1.36. The quantitative estimate of drug-likeness (QED) is 0.222. The Hall–Kier alpha value is -1.55. The Morgan fingerprint density at radius 3 is 1.97 bits per heavy atom. The summed E-state index contributed by atoms with van der Waals surface area (Å²) < 4.78 is 40.7. The fourth-order valence-electron chi connectivity index (χ4n) is 6.59. The number of rotatable bonds is 7. The van der Waals surface area contributed by atoms with Crippen LogP contribution in [0.1, 0.15) is 76.2 Å². The van der Waals surface area contributed by atoms with Crippen molar-refractivity contribution in [2.45, 2.75) is 88.8 Å². The third-order valence-corrected chi connectivity index (χ3v) is 13.9. The van der Waals surface area contributed by atoms with Gasteiger partial charge >= 0.3 is 0 Å².